The van der Waals surface area contributed by atoms with E-state index in [0.717, 1.165) is 18.5 Å². The van der Waals surface area contributed by atoms with Crippen molar-refractivity contribution in [3.8, 4) is 5.69 Å². The highest BCUT2D eigenvalue weighted by atomic mass is 35.5. The minimum atomic E-state index is 0.0301. The topological polar surface area (TPSA) is 72.7 Å². The van der Waals surface area contributed by atoms with Gasteiger partial charge in [0.1, 0.15) is 0 Å². The molecule has 1 saturated carbocycles. The molecule has 0 aliphatic heterocycles. The first kappa shape index (κ1) is 15.3. The van der Waals surface area contributed by atoms with E-state index in [0.29, 0.717) is 22.0 Å². The molecule has 1 heterocycles. The second kappa shape index (κ2) is 7.11. The molecule has 1 aliphatic rings. The predicted octanol–water partition coefficient (Wildman–Crippen LogP) is 2.47. The molecule has 0 radical (unpaired) electrons. The van der Waals surface area contributed by atoms with Gasteiger partial charge in [0.2, 0.25) is 11.1 Å². The number of aromatic nitrogens is 4. The maximum absolute atomic E-state index is 12.0. The Kier molecular flexibility index (Phi) is 4.94. The molecule has 1 aliphatic carbocycles. The number of halogens is 1. The summed E-state index contributed by atoms with van der Waals surface area (Å²) < 4.78 is 1.60. The third-order valence-electron chi connectivity index (χ3n) is 3.56. The molecular formula is C14H16ClN5OS. The number of benzene rings is 1. The molecule has 0 bridgehead atoms. The molecule has 116 valence electrons. The van der Waals surface area contributed by atoms with E-state index in [1.165, 1.54) is 24.6 Å². The van der Waals surface area contributed by atoms with Crippen LogP contribution >= 0.6 is 23.4 Å². The zero-order valence-corrected chi connectivity index (χ0v) is 13.5. The Hall–Kier alpha value is -1.60. The van der Waals surface area contributed by atoms with Crippen molar-refractivity contribution >= 4 is 29.3 Å². The summed E-state index contributed by atoms with van der Waals surface area (Å²) in [6, 6.07) is 7.56. The highest BCUT2D eigenvalue weighted by molar-refractivity contribution is 7.99. The Balaban J connectivity index is 1.60. The van der Waals surface area contributed by atoms with Gasteiger partial charge in [-0.25, -0.2) is 0 Å². The molecule has 0 spiro atoms. The Labute approximate surface area is 137 Å². The van der Waals surface area contributed by atoms with Gasteiger partial charge in [-0.1, -0.05) is 36.2 Å². The van der Waals surface area contributed by atoms with E-state index in [1.54, 1.807) is 16.8 Å². The third kappa shape index (κ3) is 3.78. The fraction of sp³-hybridized carbons (Fsp3) is 0.429. The first-order valence-electron chi connectivity index (χ1n) is 7.19. The average Bonchev–Trinajstić information content (AvgIpc) is 3.17. The van der Waals surface area contributed by atoms with Gasteiger partial charge in [-0.2, -0.15) is 4.68 Å². The van der Waals surface area contributed by atoms with Crippen molar-refractivity contribution in [2.75, 3.05) is 5.75 Å². The summed E-state index contributed by atoms with van der Waals surface area (Å²) in [6.07, 6.45) is 4.57. The molecule has 1 amide bonds. The zero-order valence-electron chi connectivity index (χ0n) is 11.9. The number of hydrogen-bond acceptors (Lipinski definition) is 5. The van der Waals surface area contributed by atoms with Crippen LogP contribution in [0.1, 0.15) is 25.7 Å². The van der Waals surface area contributed by atoms with Gasteiger partial charge in [-0.15, -0.1) is 5.10 Å². The molecule has 22 heavy (non-hydrogen) atoms. The van der Waals surface area contributed by atoms with Crippen LogP contribution in [0.3, 0.4) is 0 Å². The molecule has 1 N–H and O–H groups in total. The van der Waals surface area contributed by atoms with Crippen molar-refractivity contribution in [2.24, 2.45) is 0 Å². The highest BCUT2D eigenvalue weighted by Crippen LogP contribution is 2.21. The summed E-state index contributed by atoms with van der Waals surface area (Å²) in [4.78, 5) is 12.0. The number of carbonyl (C=O) groups excluding carboxylic acids is 1. The Bertz CT molecular complexity index is 639. The molecule has 3 rings (SSSR count). The normalized spacial score (nSPS) is 15.1. The minimum absolute atomic E-state index is 0.0301. The van der Waals surface area contributed by atoms with Crippen molar-refractivity contribution in [3.05, 3.63) is 29.3 Å². The maximum Gasteiger partial charge on any atom is 0.230 e. The fourth-order valence-electron chi connectivity index (χ4n) is 2.48. The van der Waals surface area contributed by atoms with Gasteiger partial charge in [-0.05, 0) is 47.5 Å². The highest BCUT2D eigenvalue weighted by Gasteiger charge is 2.18. The minimum Gasteiger partial charge on any atom is -0.353 e. The number of hydrogen-bond donors (Lipinski definition) is 1. The van der Waals surface area contributed by atoms with Crippen LogP contribution in [0.4, 0.5) is 0 Å². The number of amides is 1. The summed E-state index contributed by atoms with van der Waals surface area (Å²) in [5.41, 5.74) is 0.813. The molecule has 6 nitrogen and oxygen atoms in total. The second-order valence-electron chi connectivity index (χ2n) is 5.19. The van der Waals surface area contributed by atoms with E-state index in [9.17, 15) is 4.79 Å². The van der Waals surface area contributed by atoms with E-state index < -0.39 is 0 Å². The number of thioether (sulfide) groups is 1. The molecule has 1 fully saturated rings. The standard InChI is InChI=1S/C14H16ClN5OS/c15-10-5-7-12(8-6-10)20-14(17-18-19-20)22-9-13(21)16-11-3-1-2-4-11/h5-8,11H,1-4,9H2,(H,16,21). The Morgan fingerprint density at radius 1 is 1.32 bits per heavy atom. The van der Waals surface area contributed by atoms with Crippen LogP contribution in [0.25, 0.3) is 5.69 Å². The predicted molar refractivity (Wildman–Crippen MR) is 85.3 cm³/mol. The quantitative estimate of drug-likeness (QED) is 0.848. The van der Waals surface area contributed by atoms with Crippen molar-refractivity contribution in [3.63, 3.8) is 0 Å². The van der Waals surface area contributed by atoms with Crippen LogP contribution < -0.4 is 5.32 Å². The lowest BCUT2D eigenvalue weighted by molar-refractivity contribution is -0.119. The van der Waals surface area contributed by atoms with Crippen molar-refractivity contribution in [1.82, 2.24) is 25.5 Å². The molecule has 0 unspecified atom stereocenters. The summed E-state index contributed by atoms with van der Waals surface area (Å²) in [5.74, 6) is 0.340. The Morgan fingerprint density at radius 3 is 2.77 bits per heavy atom. The van der Waals surface area contributed by atoms with Crippen LogP contribution in [0, 0.1) is 0 Å². The average molecular weight is 338 g/mol. The van der Waals surface area contributed by atoms with Gasteiger partial charge in [0, 0.05) is 11.1 Å². The lowest BCUT2D eigenvalue weighted by Gasteiger charge is -2.11. The first-order chi connectivity index (χ1) is 10.7. The largest absolute Gasteiger partial charge is 0.353 e. The van der Waals surface area contributed by atoms with E-state index in [2.05, 4.69) is 20.8 Å². The van der Waals surface area contributed by atoms with Gasteiger partial charge in [0.05, 0.1) is 11.4 Å². The third-order valence-corrected chi connectivity index (χ3v) is 4.74. The van der Waals surface area contributed by atoms with Gasteiger partial charge >= 0.3 is 0 Å². The molecule has 0 saturated heterocycles. The molecule has 1 aromatic heterocycles. The lowest BCUT2D eigenvalue weighted by atomic mass is 10.2. The molecule has 0 atom stereocenters. The zero-order chi connectivity index (χ0) is 15.4. The van der Waals surface area contributed by atoms with Gasteiger partial charge < -0.3 is 5.32 Å². The van der Waals surface area contributed by atoms with E-state index in [-0.39, 0.29) is 5.91 Å². The van der Waals surface area contributed by atoms with Crippen molar-refractivity contribution < 1.29 is 4.79 Å². The van der Waals surface area contributed by atoms with Crippen LogP contribution in [0.5, 0.6) is 0 Å². The van der Waals surface area contributed by atoms with E-state index >= 15 is 0 Å². The molecule has 8 heteroatoms. The summed E-state index contributed by atoms with van der Waals surface area (Å²) in [6.45, 7) is 0. The van der Waals surface area contributed by atoms with Crippen LogP contribution in [-0.4, -0.2) is 37.9 Å². The van der Waals surface area contributed by atoms with Crippen molar-refractivity contribution in [2.45, 2.75) is 36.9 Å². The maximum atomic E-state index is 12.0. The number of tetrazole rings is 1. The van der Waals surface area contributed by atoms with Gasteiger partial charge in [0.25, 0.3) is 0 Å². The molecule has 2 aromatic rings. The summed E-state index contributed by atoms with van der Waals surface area (Å²) in [7, 11) is 0. The second-order valence-corrected chi connectivity index (χ2v) is 6.57. The SMILES string of the molecule is O=C(CSc1nnnn1-c1ccc(Cl)cc1)NC1CCCC1. The number of nitrogens with zero attached hydrogens (tertiary/aromatic N) is 4. The fourth-order valence-corrected chi connectivity index (χ4v) is 3.31. The number of rotatable bonds is 5. The first-order valence-corrected chi connectivity index (χ1v) is 8.55. The number of nitrogens with one attached hydrogen (secondary N) is 1. The molecular weight excluding hydrogens is 322 g/mol. The van der Waals surface area contributed by atoms with Crippen LogP contribution in [0.15, 0.2) is 29.4 Å². The lowest BCUT2D eigenvalue weighted by Crippen LogP contribution is -2.33. The Morgan fingerprint density at radius 2 is 2.05 bits per heavy atom. The van der Waals surface area contributed by atoms with Crippen LogP contribution in [0.2, 0.25) is 5.02 Å². The summed E-state index contributed by atoms with van der Waals surface area (Å²) in [5, 5.41) is 15.9. The van der Waals surface area contributed by atoms with E-state index in [4.69, 9.17) is 11.6 Å². The van der Waals surface area contributed by atoms with Crippen LogP contribution in [-0.2, 0) is 4.79 Å². The summed E-state index contributed by atoms with van der Waals surface area (Å²) >= 11 is 7.20. The van der Waals surface area contributed by atoms with Gasteiger partial charge in [-0.3, -0.25) is 4.79 Å². The molecule has 1 aromatic carbocycles. The van der Waals surface area contributed by atoms with Crippen molar-refractivity contribution in [1.29, 1.82) is 0 Å². The van der Waals surface area contributed by atoms with Gasteiger partial charge in [0.15, 0.2) is 0 Å². The number of carbonyl (C=O) groups is 1. The smallest absolute Gasteiger partial charge is 0.230 e. The van der Waals surface area contributed by atoms with E-state index in [1.807, 2.05) is 12.1 Å². The monoisotopic (exact) mass is 337 g/mol.